The minimum atomic E-state index is -0.891. The first-order chi connectivity index (χ1) is 20.9. The number of benzene rings is 2. The molecule has 43 heavy (non-hydrogen) atoms. The van der Waals surface area contributed by atoms with Crippen LogP contribution < -0.4 is 16.0 Å². The first-order valence-electron chi connectivity index (χ1n) is 14.8. The Morgan fingerprint density at radius 1 is 0.977 bits per heavy atom. The number of nitrogens with zero attached hydrogens (tertiary/aromatic N) is 2. The Kier molecular flexibility index (Phi) is 11.6. The summed E-state index contributed by atoms with van der Waals surface area (Å²) < 4.78 is 0. The number of amides is 4. The average molecular weight is 588 g/mol. The van der Waals surface area contributed by atoms with Gasteiger partial charge < -0.3 is 20.9 Å². The third-order valence-corrected chi connectivity index (χ3v) is 7.24. The van der Waals surface area contributed by atoms with Gasteiger partial charge in [-0.2, -0.15) is 0 Å². The molecule has 2 atom stereocenters. The second kappa shape index (κ2) is 16.0. The normalized spacial score (nSPS) is 14.9. The van der Waals surface area contributed by atoms with Gasteiger partial charge in [-0.05, 0) is 61.1 Å². The van der Waals surface area contributed by atoms with Crippen molar-refractivity contribution in [3.63, 3.8) is 0 Å². The summed E-state index contributed by atoms with van der Waals surface area (Å²) in [6.45, 7) is 2.82. The lowest BCUT2D eigenvalue weighted by Gasteiger charge is -2.36. The first kappa shape index (κ1) is 31.2. The largest absolute Gasteiger partial charge is 0.356 e. The fourth-order valence-corrected chi connectivity index (χ4v) is 5.04. The van der Waals surface area contributed by atoms with E-state index in [9.17, 15) is 19.2 Å². The van der Waals surface area contributed by atoms with Crippen molar-refractivity contribution in [2.24, 2.45) is 0 Å². The summed E-state index contributed by atoms with van der Waals surface area (Å²) in [5, 5.41) is 8.57. The number of anilines is 1. The van der Waals surface area contributed by atoms with Crippen LogP contribution in [0.5, 0.6) is 0 Å². The average Bonchev–Trinajstić information content (AvgIpc) is 3.03. The summed E-state index contributed by atoms with van der Waals surface area (Å²) in [6, 6.07) is 18.8. The van der Waals surface area contributed by atoms with Crippen LogP contribution in [-0.2, 0) is 20.8 Å². The lowest BCUT2D eigenvalue weighted by Crippen LogP contribution is -2.49. The summed E-state index contributed by atoms with van der Waals surface area (Å²) in [6.07, 6.45) is 11.0. The van der Waals surface area contributed by atoms with Crippen LogP contribution in [-0.4, -0.2) is 52.6 Å². The molecule has 4 amide bonds. The molecule has 230 valence electrons. The van der Waals surface area contributed by atoms with E-state index >= 15 is 0 Å². The molecule has 0 aliphatic carbocycles. The quantitative estimate of drug-likeness (QED) is 0.185. The van der Waals surface area contributed by atoms with Crippen LogP contribution in [0.25, 0.3) is 0 Å². The monoisotopic (exact) mass is 587 g/mol. The Bertz CT molecular complexity index is 1430. The standard InChI is InChI=1S/C34H39N5O4.3H2/c1-2-11-30(40)36-20-10-18-31(41)37-28-16-8-15-27(23-28)33(42)38-32(26-13-4-3-5-14-26)34(43)39-21-7-6-17-29(39)22-25-12-9-19-35-24-25;;;/h3-9,12-16,19,23-24,29,32H,2,10-11,17-18,20-22H2,1H3,(H,36,40)(H,37,41)(H,38,42);3*1H/t29?,32-;;;/m0.../s1. The molecule has 3 N–H and O–H groups in total. The molecule has 0 fully saturated rings. The van der Waals surface area contributed by atoms with Crippen molar-refractivity contribution < 1.29 is 23.5 Å². The van der Waals surface area contributed by atoms with Gasteiger partial charge in [-0.1, -0.05) is 61.5 Å². The molecule has 0 saturated carbocycles. The first-order valence-corrected chi connectivity index (χ1v) is 14.8. The van der Waals surface area contributed by atoms with E-state index < -0.39 is 11.9 Å². The van der Waals surface area contributed by atoms with Gasteiger partial charge in [0, 0.05) is 59.9 Å². The van der Waals surface area contributed by atoms with Crippen molar-refractivity contribution in [2.45, 2.75) is 57.5 Å². The highest BCUT2D eigenvalue weighted by Crippen LogP contribution is 2.24. The van der Waals surface area contributed by atoms with Crippen molar-refractivity contribution >= 4 is 29.3 Å². The number of nitrogens with one attached hydrogen (secondary N) is 3. The second-order valence-corrected chi connectivity index (χ2v) is 10.6. The van der Waals surface area contributed by atoms with Crippen LogP contribution in [0.15, 0.2) is 91.3 Å². The minimum Gasteiger partial charge on any atom is -0.356 e. The van der Waals surface area contributed by atoms with Crippen LogP contribution in [0.4, 0.5) is 5.69 Å². The number of rotatable bonds is 13. The lowest BCUT2D eigenvalue weighted by molar-refractivity contribution is -0.135. The zero-order valence-corrected chi connectivity index (χ0v) is 24.5. The summed E-state index contributed by atoms with van der Waals surface area (Å²) in [5.74, 6) is -0.839. The smallest absolute Gasteiger partial charge is 0.252 e. The molecule has 1 aromatic heterocycles. The number of carbonyl (C=O) groups excluding carboxylic acids is 4. The van der Waals surface area contributed by atoms with Gasteiger partial charge in [0.1, 0.15) is 6.04 Å². The molecule has 3 aromatic rings. The summed E-state index contributed by atoms with van der Waals surface area (Å²) in [5.41, 5.74) is 2.53. The van der Waals surface area contributed by atoms with Gasteiger partial charge in [0.2, 0.25) is 17.7 Å². The fraction of sp³-hybridized carbons (Fsp3) is 0.324. The molecule has 0 radical (unpaired) electrons. The van der Waals surface area contributed by atoms with E-state index in [2.05, 4.69) is 27.0 Å². The van der Waals surface area contributed by atoms with E-state index in [4.69, 9.17) is 0 Å². The molecule has 0 bridgehead atoms. The van der Waals surface area contributed by atoms with Crippen molar-refractivity contribution in [1.29, 1.82) is 0 Å². The van der Waals surface area contributed by atoms with E-state index in [0.29, 0.717) is 55.6 Å². The van der Waals surface area contributed by atoms with Gasteiger partial charge in [0.15, 0.2) is 0 Å². The van der Waals surface area contributed by atoms with Crippen LogP contribution in [0.3, 0.4) is 0 Å². The summed E-state index contributed by atoms with van der Waals surface area (Å²) in [7, 11) is 0. The molecule has 9 heteroatoms. The third-order valence-electron chi connectivity index (χ3n) is 7.24. The van der Waals surface area contributed by atoms with Gasteiger partial charge >= 0.3 is 0 Å². The molecule has 2 heterocycles. The maximum absolute atomic E-state index is 14.1. The van der Waals surface area contributed by atoms with Gasteiger partial charge in [-0.15, -0.1) is 0 Å². The van der Waals surface area contributed by atoms with Gasteiger partial charge in [-0.3, -0.25) is 24.2 Å². The van der Waals surface area contributed by atoms with E-state index in [1.165, 1.54) is 0 Å². The van der Waals surface area contributed by atoms with Crippen molar-refractivity contribution in [1.82, 2.24) is 20.5 Å². The Hall–Kier alpha value is -4.79. The van der Waals surface area contributed by atoms with Gasteiger partial charge in [0.25, 0.3) is 5.91 Å². The van der Waals surface area contributed by atoms with Gasteiger partial charge in [0.05, 0.1) is 0 Å². The Morgan fingerprint density at radius 3 is 2.58 bits per heavy atom. The number of pyridine rings is 1. The van der Waals surface area contributed by atoms with E-state index in [1.807, 2.05) is 66.6 Å². The zero-order valence-electron chi connectivity index (χ0n) is 24.5. The number of hydrogen-bond donors (Lipinski definition) is 3. The Morgan fingerprint density at radius 2 is 1.81 bits per heavy atom. The zero-order chi connectivity index (χ0) is 30.4. The van der Waals surface area contributed by atoms with E-state index in [1.54, 1.807) is 30.5 Å². The molecule has 1 aliphatic heterocycles. The van der Waals surface area contributed by atoms with Crippen LogP contribution in [0.2, 0.25) is 0 Å². The molecule has 9 nitrogen and oxygen atoms in total. The third kappa shape index (κ3) is 9.36. The molecule has 0 spiro atoms. The second-order valence-electron chi connectivity index (χ2n) is 10.6. The van der Waals surface area contributed by atoms with E-state index in [0.717, 1.165) is 12.0 Å². The van der Waals surface area contributed by atoms with Gasteiger partial charge in [-0.25, -0.2) is 0 Å². The number of carbonyl (C=O) groups is 4. The molecule has 2 aromatic carbocycles. The highest BCUT2D eigenvalue weighted by molar-refractivity contribution is 5.99. The minimum absolute atomic E-state index is 0. The molecule has 1 unspecified atom stereocenters. The predicted octanol–water partition coefficient (Wildman–Crippen LogP) is 5.33. The molecule has 4 rings (SSSR count). The van der Waals surface area contributed by atoms with Crippen LogP contribution in [0.1, 0.15) is 70.8 Å². The SMILES string of the molecule is CCCC(=O)NCCCC(=O)Nc1cccc(C(=O)N[C@H](C(=O)N2CC=CCC2Cc2cccnc2)c2ccccc2)c1.[HH].[HH].[HH]. The van der Waals surface area contributed by atoms with E-state index in [-0.39, 0.29) is 34.5 Å². The fourth-order valence-electron chi connectivity index (χ4n) is 5.04. The maximum Gasteiger partial charge on any atom is 0.252 e. The van der Waals surface area contributed by atoms with Crippen LogP contribution >= 0.6 is 0 Å². The van der Waals surface area contributed by atoms with Crippen molar-refractivity contribution in [3.8, 4) is 0 Å². The van der Waals surface area contributed by atoms with Crippen molar-refractivity contribution in [2.75, 3.05) is 18.4 Å². The highest BCUT2D eigenvalue weighted by Gasteiger charge is 2.32. The number of aromatic nitrogens is 1. The van der Waals surface area contributed by atoms with Crippen molar-refractivity contribution in [3.05, 3.63) is 108 Å². The molecule has 0 saturated heterocycles. The molecule has 1 aliphatic rings. The summed E-state index contributed by atoms with van der Waals surface area (Å²) >= 11 is 0. The molecular weight excluding hydrogens is 542 g/mol. The summed E-state index contributed by atoms with van der Waals surface area (Å²) in [4.78, 5) is 57.7. The Labute approximate surface area is 257 Å². The van der Waals surface area contributed by atoms with Crippen LogP contribution in [0, 0.1) is 0 Å². The highest BCUT2D eigenvalue weighted by atomic mass is 16.2. The number of hydrogen-bond acceptors (Lipinski definition) is 5. The molecular formula is C34H45N5O4. The topological polar surface area (TPSA) is 120 Å². The lowest BCUT2D eigenvalue weighted by atomic mass is 9.97. The Balaban J connectivity index is 0.00000353. The maximum atomic E-state index is 14.1. The predicted molar refractivity (Wildman–Crippen MR) is 172 cm³/mol.